The van der Waals surface area contributed by atoms with Crippen LogP contribution in [0.15, 0.2) is 42.5 Å². The number of aromatic carboxylic acids is 1. The number of alkyl halides is 3. The molecule has 0 aliphatic heterocycles. The maximum Gasteiger partial charge on any atom is 0.449 e. The summed E-state index contributed by atoms with van der Waals surface area (Å²) in [5, 5.41) is 8.85. The summed E-state index contributed by atoms with van der Waals surface area (Å²) in [5.74, 6) is -2.08. The number of nitrogens with zero attached hydrogens (tertiary/aromatic N) is 1. The third-order valence-corrected chi connectivity index (χ3v) is 3.22. The molecular formula is C15H9F3N2O2. The van der Waals surface area contributed by atoms with Crippen LogP contribution in [-0.4, -0.2) is 21.0 Å². The van der Waals surface area contributed by atoms with Crippen molar-refractivity contribution in [2.24, 2.45) is 0 Å². The molecule has 0 bridgehead atoms. The molecular weight excluding hydrogens is 297 g/mol. The first kappa shape index (κ1) is 14.1. The van der Waals surface area contributed by atoms with Gasteiger partial charge in [0.2, 0.25) is 5.82 Å². The number of fused-ring (bicyclic) bond motifs is 1. The van der Waals surface area contributed by atoms with Gasteiger partial charge in [-0.05, 0) is 35.4 Å². The van der Waals surface area contributed by atoms with E-state index in [1.54, 1.807) is 24.3 Å². The smallest absolute Gasteiger partial charge is 0.449 e. The summed E-state index contributed by atoms with van der Waals surface area (Å²) in [6, 6.07) is 10.8. The standard InChI is InChI=1S/C15H9F3N2O2/c16-15(17,18)14-19-11-6-5-10(7-12(11)20-14)8-1-3-9(4-2-8)13(21)22/h1-7H,(H,19,20)(H,21,22). The van der Waals surface area contributed by atoms with Crippen LogP contribution >= 0.6 is 0 Å². The van der Waals surface area contributed by atoms with E-state index in [1.807, 2.05) is 0 Å². The van der Waals surface area contributed by atoms with Gasteiger partial charge in [-0.2, -0.15) is 13.2 Å². The lowest BCUT2D eigenvalue weighted by atomic mass is 10.0. The van der Waals surface area contributed by atoms with E-state index in [1.165, 1.54) is 18.2 Å². The third kappa shape index (κ3) is 2.52. The van der Waals surface area contributed by atoms with E-state index in [4.69, 9.17) is 5.11 Å². The van der Waals surface area contributed by atoms with Gasteiger partial charge in [-0.1, -0.05) is 18.2 Å². The van der Waals surface area contributed by atoms with Crippen LogP contribution in [0.5, 0.6) is 0 Å². The van der Waals surface area contributed by atoms with E-state index >= 15 is 0 Å². The Hall–Kier alpha value is -2.83. The number of carboxylic acid groups (broad SMARTS) is 1. The zero-order chi connectivity index (χ0) is 15.9. The average Bonchev–Trinajstić information content (AvgIpc) is 2.90. The van der Waals surface area contributed by atoms with Gasteiger partial charge < -0.3 is 10.1 Å². The number of imidazole rings is 1. The van der Waals surface area contributed by atoms with Crippen molar-refractivity contribution in [1.82, 2.24) is 9.97 Å². The predicted octanol–water partition coefficient (Wildman–Crippen LogP) is 3.95. The fourth-order valence-electron chi connectivity index (χ4n) is 2.13. The molecule has 112 valence electrons. The van der Waals surface area contributed by atoms with Crippen molar-refractivity contribution >= 4 is 17.0 Å². The molecule has 0 unspecified atom stereocenters. The van der Waals surface area contributed by atoms with Gasteiger partial charge in [0.25, 0.3) is 0 Å². The number of H-pyrrole nitrogens is 1. The van der Waals surface area contributed by atoms with Crippen LogP contribution in [0.4, 0.5) is 13.2 Å². The Kier molecular flexibility index (Phi) is 3.13. The predicted molar refractivity (Wildman–Crippen MR) is 73.5 cm³/mol. The summed E-state index contributed by atoms with van der Waals surface area (Å²) in [6.45, 7) is 0. The van der Waals surface area contributed by atoms with Crippen molar-refractivity contribution in [1.29, 1.82) is 0 Å². The Labute approximate surface area is 122 Å². The summed E-state index contributed by atoms with van der Waals surface area (Å²) in [7, 11) is 0. The van der Waals surface area contributed by atoms with E-state index in [2.05, 4.69) is 9.97 Å². The molecule has 0 atom stereocenters. The average molecular weight is 306 g/mol. The molecule has 7 heteroatoms. The molecule has 3 aromatic rings. The van der Waals surface area contributed by atoms with Crippen molar-refractivity contribution in [2.75, 3.05) is 0 Å². The number of carboxylic acids is 1. The second kappa shape index (κ2) is 4.87. The number of aromatic amines is 1. The van der Waals surface area contributed by atoms with Crippen LogP contribution in [-0.2, 0) is 6.18 Å². The number of rotatable bonds is 2. The molecule has 3 rings (SSSR count). The zero-order valence-corrected chi connectivity index (χ0v) is 11.0. The van der Waals surface area contributed by atoms with Gasteiger partial charge in [0.1, 0.15) is 0 Å². The minimum absolute atomic E-state index is 0.144. The monoisotopic (exact) mass is 306 g/mol. The molecule has 0 saturated heterocycles. The van der Waals surface area contributed by atoms with E-state index in [-0.39, 0.29) is 16.6 Å². The van der Waals surface area contributed by atoms with Crippen molar-refractivity contribution in [3.8, 4) is 11.1 Å². The molecule has 0 amide bonds. The van der Waals surface area contributed by atoms with Crippen molar-refractivity contribution in [3.05, 3.63) is 53.9 Å². The second-order valence-corrected chi connectivity index (χ2v) is 4.70. The lowest BCUT2D eigenvalue weighted by Gasteiger charge is -2.02. The first-order valence-corrected chi connectivity index (χ1v) is 6.25. The van der Waals surface area contributed by atoms with Crippen LogP contribution in [0.1, 0.15) is 16.2 Å². The minimum Gasteiger partial charge on any atom is -0.478 e. The maximum atomic E-state index is 12.6. The molecule has 4 nitrogen and oxygen atoms in total. The molecule has 2 N–H and O–H groups in total. The van der Waals surface area contributed by atoms with Gasteiger partial charge in [-0.15, -0.1) is 0 Å². The topological polar surface area (TPSA) is 66.0 Å². The SMILES string of the molecule is O=C(O)c1ccc(-c2ccc3nc(C(F)(F)F)[nH]c3c2)cc1. The highest BCUT2D eigenvalue weighted by atomic mass is 19.4. The van der Waals surface area contributed by atoms with Crippen LogP contribution in [0.2, 0.25) is 0 Å². The van der Waals surface area contributed by atoms with E-state index in [0.717, 1.165) is 0 Å². The quantitative estimate of drug-likeness (QED) is 0.753. The molecule has 0 aliphatic carbocycles. The fourth-order valence-corrected chi connectivity index (χ4v) is 2.13. The molecule has 1 heterocycles. The van der Waals surface area contributed by atoms with E-state index in [0.29, 0.717) is 11.1 Å². The van der Waals surface area contributed by atoms with E-state index < -0.39 is 18.0 Å². The molecule has 0 saturated carbocycles. The van der Waals surface area contributed by atoms with Crippen molar-refractivity contribution < 1.29 is 23.1 Å². The Morgan fingerprint density at radius 3 is 2.27 bits per heavy atom. The van der Waals surface area contributed by atoms with E-state index in [9.17, 15) is 18.0 Å². The second-order valence-electron chi connectivity index (χ2n) is 4.70. The zero-order valence-electron chi connectivity index (χ0n) is 11.0. The Bertz CT molecular complexity index is 851. The highest BCUT2D eigenvalue weighted by Gasteiger charge is 2.34. The molecule has 1 aromatic heterocycles. The van der Waals surface area contributed by atoms with Gasteiger partial charge in [0.05, 0.1) is 16.6 Å². The fraction of sp³-hybridized carbons (Fsp3) is 0.0667. The number of benzene rings is 2. The summed E-state index contributed by atoms with van der Waals surface area (Å²) in [5.41, 5.74) is 2.01. The molecule has 0 fully saturated rings. The van der Waals surface area contributed by atoms with Gasteiger partial charge >= 0.3 is 12.1 Å². The van der Waals surface area contributed by atoms with Crippen molar-refractivity contribution in [3.63, 3.8) is 0 Å². The molecule has 0 spiro atoms. The largest absolute Gasteiger partial charge is 0.478 e. The lowest BCUT2D eigenvalue weighted by Crippen LogP contribution is -2.06. The van der Waals surface area contributed by atoms with Crippen LogP contribution < -0.4 is 0 Å². The molecule has 2 aromatic carbocycles. The summed E-state index contributed by atoms with van der Waals surface area (Å²) >= 11 is 0. The first-order chi connectivity index (χ1) is 10.3. The number of hydrogen-bond donors (Lipinski definition) is 2. The normalized spacial score (nSPS) is 11.8. The van der Waals surface area contributed by atoms with Crippen molar-refractivity contribution in [2.45, 2.75) is 6.18 Å². The Morgan fingerprint density at radius 1 is 1.05 bits per heavy atom. The minimum atomic E-state index is -4.53. The first-order valence-electron chi connectivity index (χ1n) is 6.25. The van der Waals surface area contributed by atoms with Crippen LogP contribution in [0, 0.1) is 0 Å². The molecule has 0 aliphatic rings. The number of hydrogen-bond acceptors (Lipinski definition) is 2. The number of aromatic nitrogens is 2. The Morgan fingerprint density at radius 2 is 1.68 bits per heavy atom. The summed E-state index contributed by atoms with van der Waals surface area (Å²) in [4.78, 5) is 16.5. The Balaban J connectivity index is 2.02. The summed E-state index contributed by atoms with van der Waals surface area (Å²) in [6.07, 6.45) is -4.53. The maximum absolute atomic E-state index is 12.6. The van der Waals surface area contributed by atoms with Gasteiger partial charge in [0.15, 0.2) is 0 Å². The van der Waals surface area contributed by atoms with Gasteiger partial charge in [-0.25, -0.2) is 9.78 Å². The van der Waals surface area contributed by atoms with Crippen LogP contribution in [0.25, 0.3) is 22.2 Å². The number of halogens is 3. The highest BCUT2D eigenvalue weighted by molar-refractivity contribution is 5.89. The number of nitrogens with one attached hydrogen (secondary N) is 1. The van der Waals surface area contributed by atoms with Gasteiger partial charge in [-0.3, -0.25) is 0 Å². The lowest BCUT2D eigenvalue weighted by molar-refractivity contribution is -0.144. The van der Waals surface area contributed by atoms with Crippen LogP contribution in [0.3, 0.4) is 0 Å². The van der Waals surface area contributed by atoms with Gasteiger partial charge in [0, 0.05) is 0 Å². The number of carbonyl (C=O) groups is 1. The summed E-state index contributed by atoms with van der Waals surface area (Å²) < 4.78 is 37.9. The molecule has 0 radical (unpaired) electrons. The third-order valence-electron chi connectivity index (χ3n) is 3.22. The molecule has 22 heavy (non-hydrogen) atoms. The highest BCUT2D eigenvalue weighted by Crippen LogP contribution is 2.30.